The van der Waals surface area contributed by atoms with E-state index in [4.69, 9.17) is 16.3 Å². The molecule has 0 radical (unpaired) electrons. The van der Waals surface area contributed by atoms with Crippen molar-refractivity contribution >= 4 is 22.6 Å². The molecule has 1 N–H and O–H groups in total. The normalized spacial score (nSPS) is 10.8. The first-order chi connectivity index (χ1) is 7.31. The molecule has 2 heterocycles. The van der Waals surface area contributed by atoms with Crippen LogP contribution in [0.2, 0.25) is 5.28 Å². The van der Waals surface area contributed by atoms with Crippen LogP contribution in [0.4, 0.5) is 0 Å². The number of aromatic nitrogens is 3. The molecule has 15 heavy (non-hydrogen) atoms. The molecule has 0 fully saturated rings. The molecule has 0 aromatic carbocycles. The fourth-order valence-corrected chi connectivity index (χ4v) is 1.48. The van der Waals surface area contributed by atoms with Crippen molar-refractivity contribution in [3.63, 3.8) is 0 Å². The van der Waals surface area contributed by atoms with Gasteiger partial charge in [0.15, 0.2) is 0 Å². The van der Waals surface area contributed by atoms with Crippen LogP contribution in [0.1, 0.15) is 19.8 Å². The Kier molecular flexibility index (Phi) is 3.06. The quantitative estimate of drug-likeness (QED) is 0.643. The van der Waals surface area contributed by atoms with Gasteiger partial charge in [-0.1, -0.05) is 13.3 Å². The van der Waals surface area contributed by atoms with Crippen molar-refractivity contribution in [3.8, 4) is 5.88 Å². The van der Waals surface area contributed by atoms with Crippen molar-refractivity contribution in [1.82, 2.24) is 15.0 Å². The second kappa shape index (κ2) is 4.49. The number of nitrogens with one attached hydrogen (secondary N) is 1. The van der Waals surface area contributed by atoms with Gasteiger partial charge >= 0.3 is 0 Å². The molecule has 2 aromatic heterocycles. The summed E-state index contributed by atoms with van der Waals surface area (Å²) in [6, 6.07) is 1.84. The minimum absolute atomic E-state index is 0.216. The molecule has 0 bridgehead atoms. The van der Waals surface area contributed by atoms with Crippen LogP contribution in [0, 0.1) is 0 Å². The average molecular weight is 226 g/mol. The molecule has 2 rings (SSSR count). The molecule has 0 spiro atoms. The number of nitrogens with zero attached hydrogens (tertiary/aromatic N) is 2. The molecule has 5 heteroatoms. The lowest BCUT2D eigenvalue weighted by atomic mass is 10.4. The fraction of sp³-hybridized carbons (Fsp3) is 0.400. The zero-order valence-electron chi connectivity index (χ0n) is 8.46. The van der Waals surface area contributed by atoms with Gasteiger partial charge in [0.1, 0.15) is 5.52 Å². The SMILES string of the molecule is CCCCOc1nc(Cl)nc2cc[nH]c12. The van der Waals surface area contributed by atoms with Crippen molar-refractivity contribution < 1.29 is 4.74 Å². The average Bonchev–Trinajstić information content (AvgIpc) is 2.65. The second-order valence-electron chi connectivity index (χ2n) is 3.24. The maximum absolute atomic E-state index is 5.78. The third-order valence-electron chi connectivity index (χ3n) is 2.08. The summed E-state index contributed by atoms with van der Waals surface area (Å²) in [6.07, 6.45) is 3.89. The Hall–Kier alpha value is -1.29. The molecule has 0 aliphatic heterocycles. The van der Waals surface area contributed by atoms with Gasteiger partial charge in [-0.2, -0.15) is 4.98 Å². The number of rotatable bonds is 4. The molecular weight excluding hydrogens is 214 g/mol. The van der Waals surface area contributed by atoms with E-state index in [0.29, 0.717) is 12.5 Å². The number of unbranched alkanes of at least 4 members (excludes halogenated alkanes) is 1. The zero-order valence-corrected chi connectivity index (χ0v) is 9.21. The minimum Gasteiger partial charge on any atom is -0.476 e. The summed E-state index contributed by atoms with van der Waals surface area (Å²) in [7, 11) is 0. The second-order valence-corrected chi connectivity index (χ2v) is 3.58. The first-order valence-corrected chi connectivity index (χ1v) is 5.32. The molecular formula is C10H12ClN3O. The van der Waals surface area contributed by atoms with Gasteiger partial charge in [0.2, 0.25) is 11.2 Å². The van der Waals surface area contributed by atoms with Crippen LogP contribution in [0.15, 0.2) is 12.3 Å². The topological polar surface area (TPSA) is 50.8 Å². The smallest absolute Gasteiger partial charge is 0.242 e. The van der Waals surface area contributed by atoms with Gasteiger partial charge in [-0.15, -0.1) is 0 Å². The summed E-state index contributed by atoms with van der Waals surface area (Å²) in [5, 5.41) is 0.216. The van der Waals surface area contributed by atoms with Crippen molar-refractivity contribution in [1.29, 1.82) is 0 Å². The van der Waals surface area contributed by atoms with Crippen LogP contribution in [-0.2, 0) is 0 Å². The van der Waals surface area contributed by atoms with Gasteiger partial charge in [-0.3, -0.25) is 0 Å². The molecule has 2 aromatic rings. The highest BCUT2D eigenvalue weighted by Crippen LogP contribution is 2.22. The maximum atomic E-state index is 5.78. The van der Waals surface area contributed by atoms with Gasteiger partial charge in [-0.05, 0) is 24.1 Å². The van der Waals surface area contributed by atoms with Crippen molar-refractivity contribution in [2.75, 3.05) is 6.61 Å². The predicted molar refractivity (Wildman–Crippen MR) is 59.3 cm³/mol. The summed E-state index contributed by atoms with van der Waals surface area (Å²) >= 11 is 5.78. The fourth-order valence-electron chi connectivity index (χ4n) is 1.31. The van der Waals surface area contributed by atoms with E-state index >= 15 is 0 Å². The number of aromatic amines is 1. The number of ether oxygens (including phenoxy) is 1. The Morgan fingerprint density at radius 1 is 1.47 bits per heavy atom. The zero-order chi connectivity index (χ0) is 10.7. The van der Waals surface area contributed by atoms with E-state index in [-0.39, 0.29) is 5.28 Å². The van der Waals surface area contributed by atoms with Crippen LogP contribution >= 0.6 is 11.6 Å². The maximum Gasteiger partial charge on any atom is 0.242 e. The lowest BCUT2D eigenvalue weighted by Gasteiger charge is -2.05. The lowest BCUT2D eigenvalue weighted by Crippen LogP contribution is -2.00. The number of halogens is 1. The van der Waals surface area contributed by atoms with E-state index < -0.39 is 0 Å². The number of hydrogen-bond donors (Lipinski definition) is 1. The van der Waals surface area contributed by atoms with Crippen molar-refractivity contribution in [3.05, 3.63) is 17.5 Å². The van der Waals surface area contributed by atoms with Crippen LogP contribution < -0.4 is 4.74 Å². The monoisotopic (exact) mass is 225 g/mol. The molecule has 0 unspecified atom stereocenters. The van der Waals surface area contributed by atoms with Crippen molar-refractivity contribution in [2.24, 2.45) is 0 Å². The predicted octanol–water partition coefficient (Wildman–Crippen LogP) is 2.79. The summed E-state index contributed by atoms with van der Waals surface area (Å²) in [5.74, 6) is 0.531. The lowest BCUT2D eigenvalue weighted by molar-refractivity contribution is 0.301. The number of hydrogen-bond acceptors (Lipinski definition) is 3. The largest absolute Gasteiger partial charge is 0.476 e. The molecule has 0 atom stereocenters. The summed E-state index contributed by atoms with van der Waals surface area (Å²) < 4.78 is 5.53. The van der Waals surface area contributed by atoms with Crippen LogP contribution in [0.3, 0.4) is 0 Å². The van der Waals surface area contributed by atoms with Gasteiger partial charge in [0, 0.05) is 6.20 Å². The van der Waals surface area contributed by atoms with E-state index in [1.165, 1.54) is 0 Å². The van der Waals surface area contributed by atoms with Crippen LogP contribution in [0.5, 0.6) is 5.88 Å². The Morgan fingerprint density at radius 3 is 3.13 bits per heavy atom. The third-order valence-corrected chi connectivity index (χ3v) is 2.25. The van der Waals surface area contributed by atoms with Gasteiger partial charge in [0.25, 0.3) is 0 Å². The van der Waals surface area contributed by atoms with Crippen LogP contribution in [0.25, 0.3) is 11.0 Å². The molecule has 4 nitrogen and oxygen atoms in total. The van der Waals surface area contributed by atoms with E-state index in [2.05, 4.69) is 21.9 Å². The summed E-state index contributed by atoms with van der Waals surface area (Å²) in [5.41, 5.74) is 1.58. The minimum atomic E-state index is 0.216. The Bertz CT molecular complexity index is 455. The first kappa shape index (κ1) is 10.2. The summed E-state index contributed by atoms with van der Waals surface area (Å²) in [6.45, 7) is 2.76. The Labute approximate surface area is 92.6 Å². The number of H-pyrrole nitrogens is 1. The molecule has 0 aliphatic carbocycles. The van der Waals surface area contributed by atoms with Crippen molar-refractivity contribution in [2.45, 2.75) is 19.8 Å². The summed E-state index contributed by atoms with van der Waals surface area (Å²) in [4.78, 5) is 11.1. The molecule has 80 valence electrons. The van der Waals surface area contributed by atoms with Gasteiger partial charge in [0.05, 0.1) is 12.1 Å². The molecule has 0 aliphatic rings. The Balaban J connectivity index is 2.27. The molecule has 0 saturated carbocycles. The number of fused-ring (bicyclic) bond motifs is 1. The first-order valence-electron chi connectivity index (χ1n) is 4.94. The highest BCUT2D eigenvalue weighted by molar-refractivity contribution is 6.28. The molecule has 0 amide bonds. The van der Waals surface area contributed by atoms with Crippen LogP contribution in [-0.4, -0.2) is 21.6 Å². The highest BCUT2D eigenvalue weighted by atomic mass is 35.5. The Morgan fingerprint density at radius 2 is 2.33 bits per heavy atom. The van der Waals surface area contributed by atoms with E-state index in [9.17, 15) is 0 Å². The highest BCUT2D eigenvalue weighted by Gasteiger charge is 2.08. The van der Waals surface area contributed by atoms with E-state index in [1.54, 1.807) is 6.20 Å². The van der Waals surface area contributed by atoms with Gasteiger partial charge in [-0.25, -0.2) is 4.98 Å². The van der Waals surface area contributed by atoms with E-state index in [0.717, 1.165) is 23.9 Å². The third kappa shape index (κ3) is 2.21. The van der Waals surface area contributed by atoms with Gasteiger partial charge < -0.3 is 9.72 Å². The standard InChI is InChI=1S/C10H12ClN3O/c1-2-3-6-15-9-8-7(4-5-12-8)13-10(11)14-9/h4-5,12H,2-3,6H2,1H3. The van der Waals surface area contributed by atoms with E-state index in [1.807, 2.05) is 6.07 Å². The molecule has 0 saturated heterocycles.